The van der Waals surface area contributed by atoms with E-state index in [-0.39, 0.29) is 12.5 Å². The minimum Gasteiger partial charge on any atom is -0.452 e. The van der Waals surface area contributed by atoms with E-state index in [9.17, 15) is 9.59 Å². The summed E-state index contributed by atoms with van der Waals surface area (Å²) in [7, 11) is 5.87. The van der Waals surface area contributed by atoms with Crippen molar-refractivity contribution in [1.82, 2.24) is 5.32 Å². The Morgan fingerprint density at radius 2 is 1.59 bits per heavy atom. The maximum Gasteiger partial charge on any atom is 0.338 e. The number of hydrogen-bond acceptors (Lipinski definition) is 5. The van der Waals surface area contributed by atoms with Gasteiger partial charge in [0.05, 0.1) is 5.56 Å². The van der Waals surface area contributed by atoms with Gasteiger partial charge in [-0.2, -0.15) is 0 Å². The summed E-state index contributed by atoms with van der Waals surface area (Å²) in [6, 6.07) is 17.1. The highest BCUT2D eigenvalue weighted by Crippen LogP contribution is 2.13. The lowest BCUT2D eigenvalue weighted by atomic mass is 10.2. The molecule has 0 saturated heterocycles. The molecule has 0 aliphatic rings. The van der Waals surface area contributed by atoms with Crippen molar-refractivity contribution in [2.24, 2.45) is 0 Å². The molecule has 0 bridgehead atoms. The van der Waals surface area contributed by atoms with Gasteiger partial charge in [0.25, 0.3) is 5.91 Å². The fourth-order valence-corrected chi connectivity index (χ4v) is 2.52. The van der Waals surface area contributed by atoms with E-state index in [1.807, 2.05) is 68.5 Å². The van der Waals surface area contributed by atoms with Crippen LogP contribution in [0, 0.1) is 0 Å². The molecule has 0 aliphatic carbocycles. The first-order chi connectivity index (χ1) is 13.0. The number of carbonyl (C=O) groups is 2. The highest BCUT2D eigenvalue weighted by molar-refractivity contribution is 5.91. The molecular weight excluding hydrogens is 342 g/mol. The summed E-state index contributed by atoms with van der Waals surface area (Å²) in [5, 5.41) is 2.77. The van der Waals surface area contributed by atoms with Gasteiger partial charge in [0.15, 0.2) is 6.61 Å². The third-order valence-corrected chi connectivity index (χ3v) is 4.14. The second-order valence-corrected chi connectivity index (χ2v) is 6.48. The van der Waals surface area contributed by atoms with Gasteiger partial charge >= 0.3 is 5.97 Å². The van der Waals surface area contributed by atoms with Crippen molar-refractivity contribution >= 4 is 23.3 Å². The number of anilines is 2. The summed E-state index contributed by atoms with van der Waals surface area (Å²) < 4.78 is 5.06. The highest BCUT2D eigenvalue weighted by Gasteiger charge is 2.10. The molecule has 0 atom stereocenters. The Balaban J connectivity index is 1.65. The van der Waals surface area contributed by atoms with Crippen LogP contribution >= 0.6 is 0 Å². The van der Waals surface area contributed by atoms with Crippen molar-refractivity contribution in [3.05, 3.63) is 60.2 Å². The lowest BCUT2D eigenvalue weighted by Gasteiger charge is -2.19. The molecule has 0 aromatic heterocycles. The van der Waals surface area contributed by atoms with E-state index >= 15 is 0 Å². The van der Waals surface area contributed by atoms with E-state index < -0.39 is 5.97 Å². The average molecular weight is 369 g/mol. The average Bonchev–Trinajstić information content (AvgIpc) is 2.70. The van der Waals surface area contributed by atoms with Gasteiger partial charge in [0.1, 0.15) is 0 Å². The molecule has 0 radical (unpaired) electrons. The molecule has 27 heavy (non-hydrogen) atoms. The molecule has 6 heteroatoms. The number of nitrogens with one attached hydrogen (secondary N) is 1. The third-order valence-electron chi connectivity index (χ3n) is 4.14. The van der Waals surface area contributed by atoms with E-state index in [1.165, 1.54) is 0 Å². The van der Waals surface area contributed by atoms with Crippen LogP contribution in [0.25, 0.3) is 0 Å². The van der Waals surface area contributed by atoms with Crippen LogP contribution in [0.2, 0.25) is 0 Å². The Morgan fingerprint density at radius 3 is 2.22 bits per heavy atom. The van der Waals surface area contributed by atoms with Crippen LogP contribution in [0.4, 0.5) is 11.4 Å². The summed E-state index contributed by atoms with van der Waals surface area (Å²) in [6.45, 7) is 1.08. The fourth-order valence-electron chi connectivity index (χ4n) is 2.52. The van der Waals surface area contributed by atoms with Gasteiger partial charge in [-0.3, -0.25) is 4.79 Å². The van der Waals surface area contributed by atoms with Crippen molar-refractivity contribution in [3.63, 3.8) is 0 Å². The molecule has 2 aromatic carbocycles. The number of nitrogens with zero attached hydrogens (tertiary/aromatic N) is 2. The molecular formula is C21H27N3O3. The molecule has 0 unspecified atom stereocenters. The first-order valence-corrected chi connectivity index (χ1v) is 8.95. The molecule has 2 rings (SSSR count). The van der Waals surface area contributed by atoms with Gasteiger partial charge in [-0.25, -0.2) is 4.79 Å². The van der Waals surface area contributed by atoms with Gasteiger partial charge in [0, 0.05) is 45.6 Å². The normalized spacial score (nSPS) is 10.2. The predicted molar refractivity (Wildman–Crippen MR) is 108 cm³/mol. The van der Waals surface area contributed by atoms with Gasteiger partial charge < -0.3 is 19.9 Å². The predicted octanol–water partition coefficient (Wildman–Crippen LogP) is 2.55. The molecule has 144 valence electrons. The lowest BCUT2D eigenvalue weighted by Crippen LogP contribution is -2.31. The summed E-state index contributed by atoms with van der Waals surface area (Å²) in [5.74, 6) is -0.796. The second kappa shape index (κ2) is 10.2. The number of ether oxygens (including phenoxy) is 1. The zero-order valence-corrected chi connectivity index (χ0v) is 16.1. The highest BCUT2D eigenvalue weighted by atomic mass is 16.5. The summed E-state index contributed by atoms with van der Waals surface area (Å²) in [4.78, 5) is 27.9. The van der Waals surface area contributed by atoms with Crippen LogP contribution < -0.4 is 15.1 Å². The van der Waals surface area contributed by atoms with E-state index in [1.54, 1.807) is 12.1 Å². The quantitative estimate of drug-likeness (QED) is 0.544. The van der Waals surface area contributed by atoms with Gasteiger partial charge in [0.2, 0.25) is 0 Å². The van der Waals surface area contributed by atoms with Crippen molar-refractivity contribution in [2.75, 3.05) is 50.6 Å². The maximum atomic E-state index is 12.0. The number of para-hydroxylation sites is 1. The molecule has 0 saturated carbocycles. The minimum atomic E-state index is -0.501. The topological polar surface area (TPSA) is 61.9 Å². The van der Waals surface area contributed by atoms with Crippen LogP contribution in [0.3, 0.4) is 0 Å². The monoisotopic (exact) mass is 369 g/mol. The van der Waals surface area contributed by atoms with E-state index in [0.29, 0.717) is 12.1 Å². The van der Waals surface area contributed by atoms with Gasteiger partial charge in [-0.1, -0.05) is 18.2 Å². The van der Waals surface area contributed by atoms with Crippen LogP contribution in [0.1, 0.15) is 16.8 Å². The second-order valence-electron chi connectivity index (χ2n) is 6.48. The molecule has 2 aromatic rings. The maximum absolute atomic E-state index is 12.0. The first kappa shape index (κ1) is 20.3. The summed E-state index contributed by atoms with van der Waals surface area (Å²) in [6.07, 6.45) is 0.803. The van der Waals surface area contributed by atoms with Crippen LogP contribution in [-0.2, 0) is 9.53 Å². The molecule has 1 amide bonds. The van der Waals surface area contributed by atoms with E-state index in [4.69, 9.17) is 4.74 Å². The van der Waals surface area contributed by atoms with Crippen LogP contribution in [-0.4, -0.2) is 52.7 Å². The summed E-state index contributed by atoms with van der Waals surface area (Å²) in [5.41, 5.74) is 2.56. The fraction of sp³-hybridized carbons (Fsp3) is 0.333. The Morgan fingerprint density at radius 1 is 0.926 bits per heavy atom. The summed E-state index contributed by atoms with van der Waals surface area (Å²) >= 11 is 0. The van der Waals surface area contributed by atoms with Gasteiger partial charge in [-0.05, 0) is 42.8 Å². The Labute approximate surface area is 160 Å². The van der Waals surface area contributed by atoms with Crippen LogP contribution in [0.15, 0.2) is 54.6 Å². The SMILES string of the molecule is CN(C)c1ccc(C(=O)OCC(=O)NCCCN(C)c2ccccc2)cc1. The van der Waals surface area contributed by atoms with Crippen molar-refractivity contribution in [2.45, 2.75) is 6.42 Å². The van der Waals surface area contributed by atoms with Crippen molar-refractivity contribution in [3.8, 4) is 0 Å². The zero-order valence-electron chi connectivity index (χ0n) is 16.1. The number of amides is 1. The van der Waals surface area contributed by atoms with E-state index in [2.05, 4.69) is 10.2 Å². The first-order valence-electron chi connectivity index (χ1n) is 8.95. The Bertz CT molecular complexity index is 730. The molecule has 0 aliphatic heterocycles. The number of benzene rings is 2. The lowest BCUT2D eigenvalue weighted by molar-refractivity contribution is -0.124. The molecule has 6 nitrogen and oxygen atoms in total. The third kappa shape index (κ3) is 6.66. The van der Waals surface area contributed by atoms with Crippen molar-refractivity contribution < 1.29 is 14.3 Å². The minimum absolute atomic E-state index is 0.275. The molecule has 0 spiro atoms. The Kier molecular flexibility index (Phi) is 7.67. The van der Waals surface area contributed by atoms with Gasteiger partial charge in [-0.15, -0.1) is 0 Å². The largest absolute Gasteiger partial charge is 0.452 e. The number of carbonyl (C=O) groups excluding carboxylic acids is 2. The van der Waals surface area contributed by atoms with Crippen molar-refractivity contribution in [1.29, 1.82) is 0 Å². The van der Waals surface area contributed by atoms with E-state index in [0.717, 1.165) is 24.3 Å². The standard InChI is InChI=1S/C21H27N3O3/c1-23(2)18-12-10-17(11-13-18)21(26)27-16-20(25)22-14-7-15-24(3)19-8-5-4-6-9-19/h4-6,8-13H,7,14-16H2,1-3H3,(H,22,25). The Hall–Kier alpha value is -3.02. The number of hydrogen-bond donors (Lipinski definition) is 1. The zero-order chi connectivity index (χ0) is 19.6. The van der Waals surface area contributed by atoms with Crippen LogP contribution in [0.5, 0.6) is 0 Å². The number of esters is 1. The molecule has 0 heterocycles. The molecule has 0 fully saturated rings. The molecule has 1 N–H and O–H groups in total. The number of rotatable bonds is 9. The smallest absolute Gasteiger partial charge is 0.338 e.